The van der Waals surface area contributed by atoms with Crippen molar-refractivity contribution in [1.29, 1.82) is 0 Å². The number of benzene rings is 1. The average molecular weight is 416 g/mol. The molecule has 0 amide bonds. The van der Waals surface area contributed by atoms with Gasteiger partial charge in [0.2, 0.25) is 0 Å². The van der Waals surface area contributed by atoms with Gasteiger partial charge in [0, 0.05) is 41.1 Å². The molecule has 158 valence electrons. The van der Waals surface area contributed by atoms with E-state index in [2.05, 4.69) is 66.8 Å². The molecule has 0 saturated heterocycles. The van der Waals surface area contributed by atoms with Gasteiger partial charge in [0.1, 0.15) is 0 Å². The van der Waals surface area contributed by atoms with Gasteiger partial charge >= 0.3 is 0 Å². The lowest BCUT2D eigenvalue weighted by atomic mass is 10.2. The molecule has 1 saturated carbocycles. The minimum Gasteiger partial charge on any atom is -0.383 e. The van der Waals surface area contributed by atoms with E-state index in [0.29, 0.717) is 13.2 Å². The Hall–Kier alpha value is -1.99. The standard InChI is InChI=1S/C22H33N5OS/c1-5-23-21(24-15-20-17(2)26-27(18(20)3)13-14-28-4)25-16-22(11-12-22)29-19-9-7-6-8-10-19/h6-10H,5,11-16H2,1-4H3,(H2,23,24,25). The van der Waals surface area contributed by atoms with Crippen LogP contribution in [-0.4, -0.2) is 47.3 Å². The fourth-order valence-electron chi connectivity index (χ4n) is 3.30. The molecule has 1 fully saturated rings. The first-order valence-corrected chi connectivity index (χ1v) is 11.2. The Morgan fingerprint density at radius 3 is 2.66 bits per heavy atom. The van der Waals surface area contributed by atoms with Gasteiger partial charge in [-0.25, -0.2) is 4.99 Å². The van der Waals surface area contributed by atoms with Crippen LogP contribution < -0.4 is 10.6 Å². The van der Waals surface area contributed by atoms with E-state index in [1.165, 1.54) is 23.3 Å². The maximum Gasteiger partial charge on any atom is 0.191 e. The highest BCUT2D eigenvalue weighted by molar-refractivity contribution is 8.01. The summed E-state index contributed by atoms with van der Waals surface area (Å²) < 4.78 is 7.48. The van der Waals surface area contributed by atoms with Gasteiger partial charge in [0.15, 0.2) is 5.96 Å². The number of ether oxygens (including phenoxy) is 1. The fourth-order valence-corrected chi connectivity index (χ4v) is 4.54. The molecule has 7 heteroatoms. The van der Waals surface area contributed by atoms with E-state index < -0.39 is 0 Å². The molecule has 1 heterocycles. The number of aromatic nitrogens is 2. The Bertz CT molecular complexity index is 814. The molecule has 6 nitrogen and oxygen atoms in total. The molecule has 1 aromatic carbocycles. The number of thioether (sulfide) groups is 1. The summed E-state index contributed by atoms with van der Waals surface area (Å²) in [5.74, 6) is 0.871. The van der Waals surface area contributed by atoms with E-state index in [4.69, 9.17) is 9.73 Å². The lowest BCUT2D eigenvalue weighted by Gasteiger charge is -2.18. The number of nitrogens with one attached hydrogen (secondary N) is 2. The van der Waals surface area contributed by atoms with E-state index in [1.807, 2.05) is 16.4 Å². The molecule has 0 spiro atoms. The number of rotatable bonds is 10. The second-order valence-electron chi connectivity index (χ2n) is 7.51. The number of guanidine groups is 1. The van der Waals surface area contributed by atoms with Gasteiger partial charge < -0.3 is 15.4 Å². The zero-order valence-corrected chi connectivity index (χ0v) is 18.8. The molecular formula is C22H33N5OS. The van der Waals surface area contributed by atoms with Crippen molar-refractivity contribution >= 4 is 17.7 Å². The maximum absolute atomic E-state index is 5.18. The summed E-state index contributed by atoms with van der Waals surface area (Å²) in [4.78, 5) is 6.17. The van der Waals surface area contributed by atoms with Crippen LogP contribution in [0.5, 0.6) is 0 Å². The van der Waals surface area contributed by atoms with Crippen LogP contribution in [0, 0.1) is 13.8 Å². The van der Waals surface area contributed by atoms with Gasteiger partial charge in [-0.1, -0.05) is 18.2 Å². The van der Waals surface area contributed by atoms with Crippen LogP contribution in [-0.2, 0) is 17.8 Å². The first-order chi connectivity index (χ1) is 14.1. The van der Waals surface area contributed by atoms with Crippen LogP contribution in [0.4, 0.5) is 0 Å². The summed E-state index contributed by atoms with van der Waals surface area (Å²) in [5, 5.41) is 11.6. The van der Waals surface area contributed by atoms with Crippen LogP contribution in [0.15, 0.2) is 40.2 Å². The first-order valence-electron chi connectivity index (χ1n) is 10.3. The van der Waals surface area contributed by atoms with Crippen molar-refractivity contribution in [3.63, 3.8) is 0 Å². The summed E-state index contributed by atoms with van der Waals surface area (Å²) in [7, 11) is 1.72. The third-order valence-electron chi connectivity index (χ3n) is 5.24. The zero-order chi connectivity index (χ0) is 20.7. The summed E-state index contributed by atoms with van der Waals surface area (Å²) in [6.07, 6.45) is 2.48. The van der Waals surface area contributed by atoms with Crippen molar-refractivity contribution in [1.82, 2.24) is 20.4 Å². The quantitative estimate of drug-likeness (QED) is 0.459. The molecule has 0 unspecified atom stereocenters. The topological polar surface area (TPSA) is 63.5 Å². The fraction of sp³-hybridized carbons (Fsp3) is 0.545. The number of hydrogen-bond acceptors (Lipinski definition) is 4. The van der Waals surface area contributed by atoms with Crippen molar-refractivity contribution in [3.05, 3.63) is 47.3 Å². The normalized spacial score (nSPS) is 15.4. The van der Waals surface area contributed by atoms with Crippen molar-refractivity contribution in [2.45, 2.75) is 56.3 Å². The van der Waals surface area contributed by atoms with Crippen molar-refractivity contribution in [2.75, 3.05) is 26.8 Å². The smallest absolute Gasteiger partial charge is 0.191 e. The monoisotopic (exact) mass is 415 g/mol. The molecule has 0 radical (unpaired) electrons. The van der Waals surface area contributed by atoms with Crippen molar-refractivity contribution < 1.29 is 4.74 Å². The Morgan fingerprint density at radius 1 is 1.24 bits per heavy atom. The molecule has 0 aliphatic heterocycles. The Balaban J connectivity index is 1.61. The lowest BCUT2D eigenvalue weighted by molar-refractivity contribution is 0.182. The van der Waals surface area contributed by atoms with Gasteiger partial charge in [0.25, 0.3) is 0 Å². The van der Waals surface area contributed by atoms with E-state index in [0.717, 1.165) is 37.0 Å². The highest BCUT2D eigenvalue weighted by Crippen LogP contribution is 2.51. The Labute approximate surface area is 178 Å². The third kappa shape index (κ3) is 6.00. The van der Waals surface area contributed by atoms with Crippen LogP contribution in [0.1, 0.15) is 36.7 Å². The Morgan fingerprint density at radius 2 is 2.00 bits per heavy atom. The highest BCUT2D eigenvalue weighted by Gasteiger charge is 2.43. The molecule has 0 bridgehead atoms. The van der Waals surface area contributed by atoms with E-state index >= 15 is 0 Å². The number of methoxy groups -OCH3 is 1. The van der Waals surface area contributed by atoms with Crippen LogP contribution in [0.2, 0.25) is 0 Å². The molecular weight excluding hydrogens is 382 g/mol. The minimum atomic E-state index is 0.286. The number of aliphatic imine (C=N–C) groups is 1. The largest absolute Gasteiger partial charge is 0.383 e. The molecule has 1 aliphatic rings. The molecule has 2 N–H and O–H groups in total. The predicted octanol–water partition coefficient (Wildman–Crippen LogP) is 3.53. The van der Waals surface area contributed by atoms with Crippen LogP contribution in [0.25, 0.3) is 0 Å². The number of nitrogens with zero attached hydrogens (tertiary/aromatic N) is 3. The molecule has 29 heavy (non-hydrogen) atoms. The van der Waals surface area contributed by atoms with Gasteiger partial charge in [-0.3, -0.25) is 4.68 Å². The first kappa shape index (κ1) is 21.7. The molecule has 0 atom stereocenters. The summed E-state index contributed by atoms with van der Waals surface area (Å²) in [6, 6.07) is 10.7. The van der Waals surface area contributed by atoms with Gasteiger partial charge in [-0.15, -0.1) is 11.8 Å². The van der Waals surface area contributed by atoms with Crippen molar-refractivity contribution in [2.24, 2.45) is 4.99 Å². The van der Waals surface area contributed by atoms with E-state index in [9.17, 15) is 0 Å². The zero-order valence-electron chi connectivity index (χ0n) is 18.0. The van der Waals surface area contributed by atoms with Gasteiger partial charge in [-0.05, 0) is 45.7 Å². The molecule has 2 aromatic rings. The van der Waals surface area contributed by atoms with Gasteiger partial charge in [0.05, 0.1) is 25.4 Å². The summed E-state index contributed by atoms with van der Waals surface area (Å²) in [6.45, 7) is 10.1. The maximum atomic E-state index is 5.18. The summed E-state index contributed by atoms with van der Waals surface area (Å²) >= 11 is 1.98. The molecule has 1 aromatic heterocycles. The van der Waals surface area contributed by atoms with E-state index in [1.54, 1.807) is 7.11 Å². The predicted molar refractivity (Wildman–Crippen MR) is 121 cm³/mol. The summed E-state index contributed by atoms with van der Waals surface area (Å²) in [5.41, 5.74) is 3.40. The third-order valence-corrected chi connectivity index (χ3v) is 6.73. The average Bonchev–Trinajstić information content (AvgIpc) is 3.43. The lowest BCUT2D eigenvalue weighted by Crippen LogP contribution is -2.41. The second-order valence-corrected chi connectivity index (χ2v) is 9.05. The minimum absolute atomic E-state index is 0.286. The molecule has 3 rings (SSSR count). The number of aryl methyl sites for hydroxylation is 1. The highest BCUT2D eigenvalue weighted by atomic mass is 32.2. The SMILES string of the molecule is CCNC(=NCc1c(C)nn(CCOC)c1C)NCC1(Sc2ccccc2)CC1. The van der Waals surface area contributed by atoms with Crippen LogP contribution in [0.3, 0.4) is 0 Å². The van der Waals surface area contributed by atoms with E-state index in [-0.39, 0.29) is 4.75 Å². The second kappa shape index (κ2) is 10.2. The van der Waals surface area contributed by atoms with Gasteiger partial charge in [-0.2, -0.15) is 5.10 Å². The Kier molecular flexibility index (Phi) is 7.61. The van der Waals surface area contributed by atoms with Crippen molar-refractivity contribution in [3.8, 4) is 0 Å². The van der Waals surface area contributed by atoms with Crippen LogP contribution >= 0.6 is 11.8 Å². The molecule has 1 aliphatic carbocycles. The number of hydrogen-bond donors (Lipinski definition) is 2.